The second-order valence-electron chi connectivity index (χ2n) is 4.80. The fourth-order valence-electron chi connectivity index (χ4n) is 2.15. The summed E-state index contributed by atoms with van der Waals surface area (Å²) in [6.07, 6.45) is 0.683. The first-order valence-corrected chi connectivity index (χ1v) is 6.30. The third-order valence-electron chi connectivity index (χ3n) is 3.22. The number of nitrogens with zero attached hydrogens (tertiary/aromatic N) is 2. The SMILES string of the molecule is Cc1ccc(Cc2nc3ccc([N+](=O)[O-])cc3[nH]2)cc1. The third kappa shape index (κ3) is 2.38. The number of benzene rings is 2. The van der Waals surface area contributed by atoms with Gasteiger partial charge in [-0.2, -0.15) is 0 Å². The topological polar surface area (TPSA) is 71.8 Å². The molecule has 1 heterocycles. The fourth-order valence-corrected chi connectivity index (χ4v) is 2.15. The Morgan fingerprint density at radius 2 is 1.95 bits per heavy atom. The highest BCUT2D eigenvalue weighted by Crippen LogP contribution is 2.20. The van der Waals surface area contributed by atoms with Crippen molar-refractivity contribution in [2.45, 2.75) is 13.3 Å². The Hall–Kier alpha value is -2.69. The number of nitrogens with one attached hydrogen (secondary N) is 1. The van der Waals surface area contributed by atoms with Crippen LogP contribution in [0.4, 0.5) is 5.69 Å². The smallest absolute Gasteiger partial charge is 0.271 e. The van der Waals surface area contributed by atoms with Crippen LogP contribution in [0.1, 0.15) is 17.0 Å². The lowest BCUT2D eigenvalue weighted by Crippen LogP contribution is -1.90. The number of aromatic nitrogens is 2. The molecule has 1 N–H and O–H groups in total. The highest BCUT2D eigenvalue weighted by molar-refractivity contribution is 5.77. The van der Waals surface area contributed by atoms with E-state index in [1.165, 1.54) is 17.7 Å². The Labute approximate surface area is 115 Å². The van der Waals surface area contributed by atoms with Crippen LogP contribution >= 0.6 is 0 Å². The zero-order valence-corrected chi connectivity index (χ0v) is 11.0. The van der Waals surface area contributed by atoms with E-state index in [-0.39, 0.29) is 5.69 Å². The molecule has 0 radical (unpaired) electrons. The van der Waals surface area contributed by atoms with E-state index in [1.54, 1.807) is 6.07 Å². The lowest BCUT2D eigenvalue weighted by Gasteiger charge is -1.98. The molecule has 0 bridgehead atoms. The van der Waals surface area contributed by atoms with Gasteiger partial charge >= 0.3 is 0 Å². The summed E-state index contributed by atoms with van der Waals surface area (Å²) in [4.78, 5) is 17.9. The van der Waals surface area contributed by atoms with Crippen LogP contribution in [0.25, 0.3) is 11.0 Å². The normalized spacial score (nSPS) is 10.8. The molecule has 5 heteroatoms. The molecule has 0 saturated heterocycles. The van der Waals surface area contributed by atoms with Gasteiger partial charge in [-0.3, -0.25) is 10.1 Å². The summed E-state index contributed by atoms with van der Waals surface area (Å²) in [7, 11) is 0. The fraction of sp³-hybridized carbons (Fsp3) is 0.133. The summed E-state index contributed by atoms with van der Waals surface area (Å²) in [6, 6.07) is 12.9. The average molecular weight is 267 g/mol. The summed E-state index contributed by atoms with van der Waals surface area (Å²) < 4.78 is 0. The number of aromatic amines is 1. The highest BCUT2D eigenvalue weighted by atomic mass is 16.6. The van der Waals surface area contributed by atoms with Gasteiger partial charge in [0.1, 0.15) is 5.82 Å². The number of imidazole rings is 1. The van der Waals surface area contributed by atoms with Crippen molar-refractivity contribution in [2.24, 2.45) is 0 Å². The molecule has 3 aromatic rings. The van der Waals surface area contributed by atoms with Crippen molar-refractivity contribution in [3.63, 3.8) is 0 Å². The van der Waals surface area contributed by atoms with Crippen LogP contribution in [0.3, 0.4) is 0 Å². The van der Waals surface area contributed by atoms with Crippen LogP contribution < -0.4 is 0 Å². The molecule has 3 rings (SSSR count). The summed E-state index contributed by atoms with van der Waals surface area (Å²) in [5.41, 5.74) is 3.89. The van der Waals surface area contributed by atoms with Crippen LogP contribution in [0.5, 0.6) is 0 Å². The molecule has 0 aliphatic carbocycles. The molecule has 0 fully saturated rings. The Morgan fingerprint density at radius 3 is 2.65 bits per heavy atom. The quantitative estimate of drug-likeness (QED) is 0.584. The van der Waals surface area contributed by atoms with E-state index in [4.69, 9.17) is 0 Å². The number of hydrogen-bond acceptors (Lipinski definition) is 3. The number of nitro benzene ring substituents is 1. The number of aryl methyl sites for hydroxylation is 1. The zero-order chi connectivity index (χ0) is 14.1. The predicted molar refractivity (Wildman–Crippen MR) is 76.7 cm³/mol. The second-order valence-corrected chi connectivity index (χ2v) is 4.80. The van der Waals surface area contributed by atoms with Crippen molar-refractivity contribution in [1.82, 2.24) is 9.97 Å². The molecule has 0 unspecified atom stereocenters. The van der Waals surface area contributed by atoms with Crippen molar-refractivity contribution < 1.29 is 4.92 Å². The van der Waals surface area contributed by atoms with Gasteiger partial charge in [0.05, 0.1) is 16.0 Å². The van der Waals surface area contributed by atoms with E-state index in [0.29, 0.717) is 11.9 Å². The molecule has 100 valence electrons. The molecule has 5 nitrogen and oxygen atoms in total. The minimum atomic E-state index is -0.403. The van der Waals surface area contributed by atoms with Gasteiger partial charge in [0.15, 0.2) is 0 Å². The lowest BCUT2D eigenvalue weighted by atomic mass is 10.1. The molecule has 1 aromatic heterocycles. The van der Waals surface area contributed by atoms with Crippen LogP contribution in [-0.4, -0.2) is 14.9 Å². The largest absolute Gasteiger partial charge is 0.341 e. The number of nitro groups is 1. The maximum Gasteiger partial charge on any atom is 0.271 e. The van der Waals surface area contributed by atoms with E-state index in [1.807, 2.05) is 6.92 Å². The van der Waals surface area contributed by atoms with Crippen molar-refractivity contribution >= 4 is 16.7 Å². The first kappa shape index (κ1) is 12.3. The Balaban J connectivity index is 1.92. The van der Waals surface area contributed by atoms with Gasteiger partial charge in [0.2, 0.25) is 0 Å². The minimum Gasteiger partial charge on any atom is -0.341 e. The number of non-ortho nitro benzene ring substituents is 1. The lowest BCUT2D eigenvalue weighted by molar-refractivity contribution is -0.384. The van der Waals surface area contributed by atoms with Gasteiger partial charge in [-0.05, 0) is 18.6 Å². The van der Waals surface area contributed by atoms with Crippen LogP contribution in [0, 0.1) is 17.0 Å². The standard InChI is InChI=1S/C15H13N3O2/c1-10-2-4-11(5-3-10)8-15-16-13-7-6-12(18(19)20)9-14(13)17-15/h2-7,9H,8H2,1H3,(H,16,17). The third-order valence-corrected chi connectivity index (χ3v) is 3.22. The summed E-state index contributed by atoms with van der Waals surface area (Å²) in [5.74, 6) is 0.810. The summed E-state index contributed by atoms with van der Waals surface area (Å²) in [6.45, 7) is 2.05. The van der Waals surface area contributed by atoms with Gasteiger partial charge < -0.3 is 4.98 Å². The molecule has 0 aliphatic rings. The van der Waals surface area contributed by atoms with Gasteiger partial charge in [0.25, 0.3) is 5.69 Å². The summed E-state index contributed by atoms with van der Waals surface area (Å²) >= 11 is 0. The molecular weight excluding hydrogens is 254 g/mol. The number of rotatable bonds is 3. The molecular formula is C15H13N3O2. The van der Waals surface area contributed by atoms with Crippen LogP contribution in [0.15, 0.2) is 42.5 Å². The highest BCUT2D eigenvalue weighted by Gasteiger charge is 2.09. The molecule has 2 aromatic carbocycles. The van der Waals surface area contributed by atoms with E-state index < -0.39 is 4.92 Å². The van der Waals surface area contributed by atoms with Gasteiger partial charge in [0, 0.05) is 18.6 Å². The number of hydrogen-bond donors (Lipinski definition) is 1. The predicted octanol–water partition coefficient (Wildman–Crippen LogP) is 3.37. The first-order chi connectivity index (χ1) is 9.61. The van der Waals surface area contributed by atoms with Gasteiger partial charge in [-0.25, -0.2) is 4.98 Å². The minimum absolute atomic E-state index is 0.0723. The van der Waals surface area contributed by atoms with E-state index >= 15 is 0 Å². The van der Waals surface area contributed by atoms with Crippen LogP contribution in [0.2, 0.25) is 0 Å². The van der Waals surface area contributed by atoms with Crippen molar-refractivity contribution in [2.75, 3.05) is 0 Å². The van der Waals surface area contributed by atoms with Crippen molar-refractivity contribution in [1.29, 1.82) is 0 Å². The Kier molecular flexibility index (Phi) is 2.95. The van der Waals surface area contributed by atoms with Gasteiger partial charge in [-0.15, -0.1) is 0 Å². The second kappa shape index (κ2) is 4.77. The molecule has 0 saturated carbocycles. The van der Waals surface area contributed by atoms with Crippen molar-refractivity contribution in [3.8, 4) is 0 Å². The average Bonchev–Trinajstić information content (AvgIpc) is 2.82. The monoisotopic (exact) mass is 267 g/mol. The number of H-pyrrole nitrogens is 1. The molecule has 20 heavy (non-hydrogen) atoms. The van der Waals surface area contributed by atoms with E-state index in [0.717, 1.165) is 16.9 Å². The Morgan fingerprint density at radius 1 is 1.20 bits per heavy atom. The molecule has 0 amide bonds. The molecule has 0 spiro atoms. The zero-order valence-electron chi connectivity index (χ0n) is 11.0. The first-order valence-electron chi connectivity index (χ1n) is 6.30. The maximum atomic E-state index is 10.7. The van der Waals surface area contributed by atoms with E-state index in [9.17, 15) is 10.1 Å². The van der Waals surface area contributed by atoms with Crippen molar-refractivity contribution in [3.05, 3.63) is 69.5 Å². The molecule has 0 aliphatic heterocycles. The van der Waals surface area contributed by atoms with Gasteiger partial charge in [-0.1, -0.05) is 29.8 Å². The van der Waals surface area contributed by atoms with Crippen LogP contribution in [-0.2, 0) is 6.42 Å². The molecule has 0 atom stereocenters. The number of fused-ring (bicyclic) bond motifs is 1. The van der Waals surface area contributed by atoms with E-state index in [2.05, 4.69) is 34.2 Å². The Bertz CT molecular complexity index is 775. The summed E-state index contributed by atoms with van der Waals surface area (Å²) in [5, 5.41) is 10.7. The maximum absolute atomic E-state index is 10.7.